The number of thiazole rings is 1. The monoisotopic (exact) mass is 408 g/mol. The highest BCUT2D eigenvalue weighted by Crippen LogP contribution is 2.32. The van der Waals surface area contributed by atoms with Crippen molar-refractivity contribution in [2.45, 2.75) is 0 Å². The van der Waals surface area contributed by atoms with E-state index in [9.17, 15) is 13.6 Å². The third-order valence-electron chi connectivity index (χ3n) is 4.01. The second-order valence-electron chi connectivity index (χ2n) is 5.73. The zero-order valence-corrected chi connectivity index (χ0v) is 15.6. The van der Waals surface area contributed by atoms with Gasteiger partial charge in [-0.1, -0.05) is 6.07 Å². The van der Waals surface area contributed by atoms with E-state index in [1.54, 1.807) is 6.20 Å². The molecule has 1 aliphatic heterocycles. The van der Waals surface area contributed by atoms with Crippen molar-refractivity contribution >= 4 is 39.5 Å². The number of rotatable bonds is 4. The van der Waals surface area contributed by atoms with Crippen LogP contribution in [-0.2, 0) is 4.74 Å². The first-order chi connectivity index (χ1) is 13.1. The Kier molecular flexibility index (Phi) is 5.10. The summed E-state index contributed by atoms with van der Waals surface area (Å²) in [6.45, 7) is 2.68. The van der Waals surface area contributed by atoms with Crippen molar-refractivity contribution in [2.24, 2.45) is 0 Å². The minimum absolute atomic E-state index is 0.0942. The maximum absolute atomic E-state index is 13.9. The van der Waals surface area contributed by atoms with Crippen LogP contribution in [0.1, 0.15) is 10.5 Å². The SMILES string of the molecule is O=C(Nc1cnsc1N1CCOCC1)c1csc(-c2c(F)cccc2F)n1. The maximum atomic E-state index is 13.9. The first-order valence-electron chi connectivity index (χ1n) is 8.12. The van der Waals surface area contributed by atoms with Crippen LogP contribution < -0.4 is 10.2 Å². The fourth-order valence-electron chi connectivity index (χ4n) is 2.69. The molecule has 1 saturated heterocycles. The van der Waals surface area contributed by atoms with Crippen molar-refractivity contribution in [1.29, 1.82) is 0 Å². The number of hydrogen-bond donors (Lipinski definition) is 1. The van der Waals surface area contributed by atoms with Gasteiger partial charge in [0.05, 0.1) is 30.7 Å². The van der Waals surface area contributed by atoms with Crippen molar-refractivity contribution in [2.75, 3.05) is 36.5 Å². The van der Waals surface area contributed by atoms with Gasteiger partial charge in [0, 0.05) is 18.5 Å². The van der Waals surface area contributed by atoms with Crippen LogP contribution in [0.15, 0.2) is 29.8 Å². The number of amides is 1. The van der Waals surface area contributed by atoms with Gasteiger partial charge in [0.15, 0.2) is 0 Å². The lowest BCUT2D eigenvalue weighted by atomic mass is 10.2. The van der Waals surface area contributed by atoms with Crippen LogP contribution in [-0.4, -0.2) is 41.6 Å². The van der Waals surface area contributed by atoms with Gasteiger partial charge in [-0.15, -0.1) is 11.3 Å². The molecule has 1 fully saturated rings. The van der Waals surface area contributed by atoms with Gasteiger partial charge >= 0.3 is 0 Å². The van der Waals surface area contributed by atoms with Gasteiger partial charge in [-0.3, -0.25) is 4.79 Å². The second kappa shape index (κ2) is 7.67. The number of hydrogen-bond acceptors (Lipinski definition) is 7. The third-order valence-corrected chi connectivity index (χ3v) is 5.73. The number of nitrogens with zero attached hydrogens (tertiary/aromatic N) is 3. The number of carbonyl (C=O) groups is 1. The number of ether oxygens (including phenoxy) is 1. The van der Waals surface area contributed by atoms with E-state index in [4.69, 9.17) is 4.74 Å². The Bertz CT molecular complexity index is 949. The molecule has 1 N–H and O–H groups in total. The second-order valence-corrected chi connectivity index (χ2v) is 7.37. The lowest BCUT2D eigenvalue weighted by molar-refractivity contribution is 0.102. The molecule has 4 rings (SSSR count). The molecule has 0 spiro atoms. The van der Waals surface area contributed by atoms with E-state index in [1.165, 1.54) is 23.0 Å². The standard InChI is InChI=1S/C17H14F2N4O2S2/c18-10-2-1-3-11(19)14(10)16-22-13(9-26-16)15(24)21-12-8-20-27-17(12)23-4-6-25-7-5-23/h1-3,8-9H,4-7H2,(H,21,24). The lowest BCUT2D eigenvalue weighted by Crippen LogP contribution is -2.36. The van der Waals surface area contributed by atoms with Gasteiger partial charge in [0.2, 0.25) is 0 Å². The van der Waals surface area contributed by atoms with Gasteiger partial charge in [-0.25, -0.2) is 13.8 Å². The lowest BCUT2D eigenvalue weighted by Gasteiger charge is -2.27. The molecule has 27 heavy (non-hydrogen) atoms. The number of aromatic nitrogens is 2. The Morgan fingerprint density at radius 2 is 1.96 bits per heavy atom. The maximum Gasteiger partial charge on any atom is 0.275 e. The molecule has 10 heteroatoms. The zero-order chi connectivity index (χ0) is 18.8. The van der Waals surface area contributed by atoms with Crippen LogP contribution in [0.2, 0.25) is 0 Å². The van der Waals surface area contributed by atoms with Crippen LogP contribution in [0.25, 0.3) is 10.6 Å². The number of anilines is 2. The number of morpholine rings is 1. The van der Waals surface area contributed by atoms with Crippen molar-refractivity contribution in [3.63, 3.8) is 0 Å². The van der Waals surface area contributed by atoms with E-state index >= 15 is 0 Å². The highest BCUT2D eigenvalue weighted by atomic mass is 32.1. The highest BCUT2D eigenvalue weighted by Gasteiger charge is 2.21. The molecule has 3 aromatic rings. The molecule has 3 heterocycles. The molecule has 0 unspecified atom stereocenters. The highest BCUT2D eigenvalue weighted by molar-refractivity contribution is 7.13. The van der Waals surface area contributed by atoms with Crippen LogP contribution in [0.4, 0.5) is 19.5 Å². The van der Waals surface area contributed by atoms with E-state index in [2.05, 4.69) is 19.6 Å². The summed E-state index contributed by atoms with van der Waals surface area (Å²) in [6, 6.07) is 3.60. The molecule has 0 atom stereocenters. The van der Waals surface area contributed by atoms with Crippen molar-refractivity contribution in [1.82, 2.24) is 9.36 Å². The fraction of sp³-hybridized carbons (Fsp3) is 0.235. The summed E-state index contributed by atoms with van der Waals surface area (Å²) in [5.74, 6) is -1.88. The van der Waals surface area contributed by atoms with Crippen LogP contribution >= 0.6 is 22.9 Å². The summed E-state index contributed by atoms with van der Waals surface area (Å²) >= 11 is 2.30. The Hall–Kier alpha value is -2.43. The molecule has 0 saturated carbocycles. The molecule has 1 amide bonds. The largest absolute Gasteiger partial charge is 0.378 e. The summed E-state index contributed by atoms with van der Waals surface area (Å²) < 4.78 is 37.3. The molecule has 1 aliphatic rings. The Balaban J connectivity index is 1.54. The number of halogens is 2. The number of benzene rings is 1. The van der Waals surface area contributed by atoms with Gasteiger partial charge in [0.25, 0.3) is 5.91 Å². The molecule has 2 aromatic heterocycles. The quantitative estimate of drug-likeness (QED) is 0.714. The van der Waals surface area contributed by atoms with Crippen LogP contribution in [0, 0.1) is 11.6 Å². The summed E-state index contributed by atoms with van der Waals surface area (Å²) in [5, 5.41) is 5.23. The molecular formula is C17H14F2N4O2S2. The van der Waals surface area contributed by atoms with E-state index in [0.29, 0.717) is 18.9 Å². The fourth-order valence-corrected chi connectivity index (χ4v) is 4.30. The summed E-state index contributed by atoms with van der Waals surface area (Å²) in [4.78, 5) is 18.7. The molecule has 6 nitrogen and oxygen atoms in total. The third kappa shape index (κ3) is 3.68. The minimum atomic E-state index is -0.715. The smallest absolute Gasteiger partial charge is 0.275 e. The van der Waals surface area contributed by atoms with Crippen LogP contribution in [0.5, 0.6) is 0 Å². The van der Waals surface area contributed by atoms with Crippen molar-refractivity contribution in [3.05, 3.63) is 47.1 Å². The molecule has 0 aliphatic carbocycles. The topological polar surface area (TPSA) is 67.4 Å². The minimum Gasteiger partial charge on any atom is -0.378 e. The van der Waals surface area contributed by atoms with E-state index in [0.717, 1.165) is 41.6 Å². The normalized spacial score (nSPS) is 14.4. The average Bonchev–Trinajstić information content (AvgIpc) is 3.32. The van der Waals surface area contributed by atoms with E-state index in [-0.39, 0.29) is 16.3 Å². The first kappa shape index (κ1) is 18.0. The molecular weight excluding hydrogens is 394 g/mol. The Morgan fingerprint density at radius 3 is 2.70 bits per heavy atom. The van der Waals surface area contributed by atoms with E-state index < -0.39 is 17.5 Å². The number of carbonyl (C=O) groups excluding carboxylic acids is 1. The van der Waals surface area contributed by atoms with Crippen LogP contribution in [0.3, 0.4) is 0 Å². The Morgan fingerprint density at radius 1 is 1.22 bits per heavy atom. The van der Waals surface area contributed by atoms with Gasteiger partial charge in [-0.2, -0.15) is 4.37 Å². The van der Waals surface area contributed by atoms with Crippen molar-refractivity contribution < 1.29 is 18.3 Å². The number of nitrogens with one attached hydrogen (secondary N) is 1. The van der Waals surface area contributed by atoms with Gasteiger partial charge in [0.1, 0.15) is 27.3 Å². The molecule has 0 bridgehead atoms. The van der Waals surface area contributed by atoms with E-state index in [1.807, 2.05) is 0 Å². The zero-order valence-electron chi connectivity index (χ0n) is 13.9. The van der Waals surface area contributed by atoms with Crippen molar-refractivity contribution in [3.8, 4) is 10.6 Å². The van der Waals surface area contributed by atoms with Gasteiger partial charge < -0.3 is 15.0 Å². The Labute approximate surface area is 161 Å². The first-order valence-corrected chi connectivity index (χ1v) is 9.77. The summed E-state index contributed by atoms with van der Waals surface area (Å²) in [7, 11) is 0. The summed E-state index contributed by atoms with van der Waals surface area (Å²) in [5.41, 5.74) is 0.447. The predicted octanol–water partition coefficient (Wildman–Crippen LogP) is 3.63. The average molecular weight is 408 g/mol. The predicted molar refractivity (Wildman–Crippen MR) is 101 cm³/mol. The van der Waals surface area contributed by atoms with Gasteiger partial charge in [-0.05, 0) is 23.7 Å². The summed E-state index contributed by atoms with van der Waals surface area (Å²) in [6.07, 6.45) is 1.58. The molecule has 0 radical (unpaired) electrons. The molecule has 140 valence electrons. The molecule has 1 aromatic carbocycles.